The van der Waals surface area contributed by atoms with Crippen LogP contribution in [0.1, 0.15) is 169 Å². The fraction of sp³-hybridized carbons (Fsp3) is 0.782. The van der Waals surface area contributed by atoms with E-state index in [1.54, 1.807) is 55.4 Å². The van der Waals surface area contributed by atoms with Gasteiger partial charge in [0, 0.05) is 0 Å². The molecule has 0 aromatic carbocycles. The Kier molecular flexibility index (Phi) is 34.0. The maximum absolute atomic E-state index is 14.3. The second-order valence-corrected chi connectivity index (χ2v) is 22.4. The van der Waals surface area contributed by atoms with Gasteiger partial charge < -0.3 is 64.4 Å². The average molecular weight is 1090 g/mol. The van der Waals surface area contributed by atoms with Gasteiger partial charge in [-0.2, -0.15) is 0 Å². The number of nitrogens with one attached hydrogen (secondary N) is 9. The molecule has 11 atom stereocenters. The van der Waals surface area contributed by atoms with Crippen molar-refractivity contribution in [2.75, 3.05) is 13.1 Å². The number of aliphatic hydroxyl groups is 1. The van der Waals surface area contributed by atoms with E-state index < -0.39 is 131 Å². The molecule has 14 N–H and O–H groups in total. The topological polar surface area (TPSA) is 351 Å². The molecule has 0 saturated heterocycles. The molecule has 0 heterocycles. The van der Waals surface area contributed by atoms with Crippen LogP contribution in [0.15, 0.2) is 11.8 Å². The first-order valence-corrected chi connectivity index (χ1v) is 27.9. The van der Waals surface area contributed by atoms with E-state index in [1.807, 2.05) is 41.5 Å². The van der Waals surface area contributed by atoms with Crippen LogP contribution in [0.2, 0.25) is 0 Å². The van der Waals surface area contributed by atoms with Crippen molar-refractivity contribution < 1.29 is 53.1 Å². The number of carbonyl (C=O) groups is 10. The van der Waals surface area contributed by atoms with Crippen molar-refractivity contribution in [3.8, 4) is 0 Å². The maximum Gasteiger partial charge on any atom is 0.268 e. The number of hydrogen-bond acceptors (Lipinski definition) is 13. The molecular weight excluding hydrogens is 991 g/mol. The van der Waals surface area contributed by atoms with E-state index in [1.165, 1.54) is 19.9 Å². The third-order valence-corrected chi connectivity index (χ3v) is 13.5. The van der Waals surface area contributed by atoms with Crippen LogP contribution < -0.4 is 59.3 Å². The molecule has 0 rings (SSSR count). The summed E-state index contributed by atoms with van der Waals surface area (Å²) in [5, 5.41) is 34.9. The van der Waals surface area contributed by atoms with Crippen molar-refractivity contribution in [3.63, 3.8) is 0 Å². The predicted octanol–water partition coefficient (Wildman–Crippen LogP) is 1.85. The zero-order chi connectivity index (χ0) is 59.4. The number of ketones is 1. The van der Waals surface area contributed by atoms with Crippen molar-refractivity contribution in [1.82, 2.24) is 47.9 Å². The van der Waals surface area contributed by atoms with Crippen molar-refractivity contribution in [1.29, 1.82) is 0 Å². The molecule has 22 heteroatoms. The number of hydrogen-bond donors (Lipinski definition) is 12. The van der Waals surface area contributed by atoms with Gasteiger partial charge in [-0.3, -0.25) is 47.9 Å². The molecule has 77 heavy (non-hydrogen) atoms. The van der Waals surface area contributed by atoms with Gasteiger partial charge in [0.1, 0.15) is 54.1 Å². The lowest BCUT2D eigenvalue weighted by Gasteiger charge is -2.31. The van der Waals surface area contributed by atoms with Gasteiger partial charge in [-0.05, 0) is 113 Å². The molecule has 0 aromatic heterocycles. The highest BCUT2D eigenvalue weighted by Gasteiger charge is 2.38. The molecular formula is C55H101N11O11. The summed E-state index contributed by atoms with van der Waals surface area (Å²) in [5.41, 5.74) is 11.4. The Hall–Kier alpha value is -5.48. The van der Waals surface area contributed by atoms with E-state index in [0.717, 1.165) is 0 Å². The lowest BCUT2D eigenvalue weighted by atomic mass is 9.95. The van der Waals surface area contributed by atoms with Crippen LogP contribution >= 0.6 is 0 Å². The Balaban J connectivity index is 6.60. The van der Waals surface area contributed by atoms with Crippen LogP contribution in [0, 0.1) is 41.4 Å². The first kappa shape index (κ1) is 71.5. The number of unbranched alkanes of at least 4 members (excludes halogenated alkanes) is 1. The van der Waals surface area contributed by atoms with Crippen molar-refractivity contribution in [2.45, 2.75) is 223 Å². The van der Waals surface area contributed by atoms with Crippen molar-refractivity contribution >= 4 is 58.9 Å². The number of nitrogens with two attached hydrogens (primary N) is 2. The van der Waals surface area contributed by atoms with Gasteiger partial charge in [-0.1, -0.05) is 116 Å². The molecule has 0 saturated carbocycles. The molecule has 0 fully saturated rings. The molecule has 0 radical (unpaired) electrons. The van der Waals surface area contributed by atoms with Gasteiger partial charge in [0.05, 0.1) is 6.04 Å². The van der Waals surface area contributed by atoms with E-state index in [-0.39, 0.29) is 55.0 Å². The molecule has 3 unspecified atom stereocenters. The van der Waals surface area contributed by atoms with Crippen molar-refractivity contribution in [3.05, 3.63) is 11.8 Å². The molecule has 0 aliphatic carbocycles. The Morgan fingerprint density at radius 3 is 1.21 bits per heavy atom. The number of carbonyl (C=O) groups excluding carboxylic acids is 10. The molecule has 9 amide bonds. The summed E-state index contributed by atoms with van der Waals surface area (Å²) in [6.45, 7) is 28.3. The first-order chi connectivity index (χ1) is 35.9. The maximum atomic E-state index is 14.3. The van der Waals surface area contributed by atoms with Gasteiger partial charge in [0.25, 0.3) is 11.8 Å². The second kappa shape index (κ2) is 36.6. The highest BCUT2D eigenvalue weighted by molar-refractivity contribution is 6.01. The molecule has 0 aromatic rings. The number of amides is 9. The number of Topliss-reactive ketones (excluding diaryl/α,β-unsaturated/α-hetero) is 1. The van der Waals surface area contributed by atoms with Crippen LogP contribution in [0.5, 0.6) is 0 Å². The van der Waals surface area contributed by atoms with Crippen LogP contribution in [0.3, 0.4) is 0 Å². The summed E-state index contributed by atoms with van der Waals surface area (Å²) in [6, 6.07) is -8.95. The van der Waals surface area contributed by atoms with Crippen LogP contribution in [0.4, 0.5) is 0 Å². The largest absolute Gasteiger partial charge is 0.383 e. The highest BCUT2D eigenvalue weighted by atomic mass is 16.3. The fourth-order valence-electron chi connectivity index (χ4n) is 8.13. The number of aliphatic hydroxyl groups excluding tert-OH is 1. The second-order valence-electron chi connectivity index (χ2n) is 22.4. The third-order valence-electron chi connectivity index (χ3n) is 13.5. The summed E-state index contributed by atoms with van der Waals surface area (Å²) in [6.07, 6.45) is 2.95. The molecule has 0 aliphatic rings. The minimum Gasteiger partial charge on any atom is -0.383 e. The van der Waals surface area contributed by atoms with E-state index in [4.69, 9.17) is 11.5 Å². The van der Waals surface area contributed by atoms with Crippen LogP contribution in [-0.4, -0.2) is 132 Å². The quantitative estimate of drug-likeness (QED) is 0.0313. The van der Waals surface area contributed by atoms with Crippen LogP contribution in [-0.2, 0) is 47.9 Å². The van der Waals surface area contributed by atoms with Crippen LogP contribution in [0.25, 0.3) is 0 Å². The number of allylic oxidation sites excluding steroid dienone is 1. The highest BCUT2D eigenvalue weighted by Crippen LogP contribution is 2.16. The number of rotatable bonds is 37. The molecule has 0 aliphatic heterocycles. The zero-order valence-electron chi connectivity index (χ0n) is 49.3. The van der Waals surface area contributed by atoms with E-state index in [9.17, 15) is 53.1 Å². The fourth-order valence-corrected chi connectivity index (χ4v) is 8.13. The Bertz CT molecular complexity index is 1960. The molecule has 442 valence electrons. The average Bonchev–Trinajstić information content (AvgIpc) is 3.35. The van der Waals surface area contributed by atoms with E-state index >= 15 is 0 Å². The van der Waals surface area contributed by atoms with E-state index in [0.29, 0.717) is 45.1 Å². The summed E-state index contributed by atoms with van der Waals surface area (Å²) < 4.78 is 0. The van der Waals surface area contributed by atoms with Crippen molar-refractivity contribution in [2.24, 2.45) is 52.9 Å². The third kappa shape index (κ3) is 25.7. The first-order valence-electron chi connectivity index (χ1n) is 27.9. The Morgan fingerprint density at radius 1 is 0.442 bits per heavy atom. The zero-order valence-corrected chi connectivity index (χ0v) is 49.3. The van der Waals surface area contributed by atoms with Gasteiger partial charge >= 0.3 is 0 Å². The summed E-state index contributed by atoms with van der Waals surface area (Å²) in [5.74, 6) is -8.82. The lowest BCUT2D eigenvalue weighted by molar-refractivity contribution is -0.137. The summed E-state index contributed by atoms with van der Waals surface area (Å²) >= 11 is 0. The van der Waals surface area contributed by atoms with Gasteiger partial charge in [-0.25, -0.2) is 0 Å². The predicted molar refractivity (Wildman–Crippen MR) is 298 cm³/mol. The van der Waals surface area contributed by atoms with Gasteiger partial charge in [-0.15, -0.1) is 0 Å². The van der Waals surface area contributed by atoms with Gasteiger partial charge in [0.15, 0.2) is 5.78 Å². The molecule has 22 nitrogen and oxygen atoms in total. The minimum atomic E-state index is -1.37. The minimum absolute atomic E-state index is 0.0633. The normalized spacial score (nSPS) is 16.1. The lowest BCUT2D eigenvalue weighted by Crippen LogP contribution is -2.62. The van der Waals surface area contributed by atoms with Gasteiger partial charge in [0.2, 0.25) is 41.4 Å². The standard InChI is InChI=1S/C55H101N11O11/c1-17-34(14)45(66-49(71)39(24-22-26-57)59-50(72)41(28-30(6)7)62-47(69)37(19-3)58-55(77)46(68)35(15)18-2)54(76)65-44(33(12)13)53(75)64-43(32(10)11)51(73)60-38(23-20-21-25-56)48(70)63-42(31(8)9)52(74)61-40(36(16)67)27-29(4)5/h19,29-35,38-46,68H,17-18,20-28,56-57H2,1-16H3,(H,58,77)(H,59,72)(H,60,73)(H,61,74)(H,62,69)(H,63,70)(H,64,75)(H,65,76)(H,66,71)/b37-19+/t34-,35-,38?,39+,40?,41?,42-,43-,44-,45-,46-/m0/s1. The van der Waals surface area contributed by atoms with E-state index in [2.05, 4.69) is 47.9 Å². The summed E-state index contributed by atoms with van der Waals surface area (Å²) in [7, 11) is 0. The SMILES string of the molecule is C/C=C(/NC(=O)[C@@H](O)[C@@H](C)CC)C(=O)NC(CC(C)C)C(=O)N[C@H](CCCN)C(=O)N[C@H](C(=O)N[C@H](C(=O)N[C@H](C(=O)NC(CCCCN)C(=O)N[C@H](C(=O)NC(CC(C)C)C(C)=O)C(C)C)C(C)C)C(C)C)[C@@H](C)CC. The Morgan fingerprint density at radius 2 is 0.805 bits per heavy atom. The summed E-state index contributed by atoms with van der Waals surface area (Å²) in [4.78, 5) is 137. The smallest absolute Gasteiger partial charge is 0.268 e. The Labute approximate surface area is 459 Å². The molecule has 0 bridgehead atoms. The monoisotopic (exact) mass is 1090 g/mol. The molecule has 0 spiro atoms.